The maximum atomic E-state index is 11.9. The van der Waals surface area contributed by atoms with Crippen molar-refractivity contribution in [1.82, 2.24) is 0 Å². The second-order valence-corrected chi connectivity index (χ2v) is 5.43. The second kappa shape index (κ2) is 7.55. The fourth-order valence-electron chi connectivity index (χ4n) is 1.88. The van der Waals surface area contributed by atoms with Crippen molar-refractivity contribution in [3.63, 3.8) is 0 Å². The monoisotopic (exact) mass is 376 g/mol. The largest absolute Gasteiger partial charge is 0.496 e. The molecule has 0 aliphatic carbocycles. The number of ether oxygens (including phenoxy) is 1. The van der Waals surface area contributed by atoms with E-state index in [4.69, 9.17) is 4.74 Å². The normalized spacial score (nSPS) is 10.5. The number of benzene rings is 2. The van der Waals surface area contributed by atoms with Gasteiger partial charge in [-0.3, -0.25) is 14.9 Å². The smallest absolute Gasteiger partial charge is 0.271 e. The van der Waals surface area contributed by atoms with Gasteiger partial charge < -0.3 is 10.1 Å². The van der Waals surface area contributed by atoms with Crippen LogP contribution in [0.3, 0.4) is 0 Å². The molecule has 2 rings (SSSR count). The zero-order chi connectivity index (χ0) is 16.8. The van der Waals surface area contributed by atoms with Crippen LogP contribution in [0.15, 0.2) is 53.0 Å². The number of nitro groups is 1. The molecule has 0 bridgehead atoms. The van der Waals surface area contributed by atoms with Crippen LogP contribution in [0, 0.1) is 10.1 Å². The Balaban J connectivity index is 2.12. The third-order valence-corrected chi connectivity index (χ3v) is 3.42. The summed E-state index contributed by atoms with van der Waals surface area (Å²) in [5, 5.41) is 13.3. The van der Waals surface area contributed by atoms with Crippen molar-refractivity contribution in [2.24, 2.45) is 0 Å². The molecule has 0 aliphatic rings. The molecule has 0 spiro atoms. The summed E-state index contributed by atoms with van der Waals surface area (Å²) >= 11 is 3.35. The van der Waals surface area contributed by atoms with Gasteiger partial charge >= 0.3 is 0 Å². The molecule has 0 saturated carbocycles. The van der Waals surface area contributed by atoms with E-state index in [0.717, 1.165) is 10.0 Å². The van der Waals surface area contributed by atoms with Gasteiger partial charge in [0.2, 0.25) is 5.91 Å². The van der Waals surface area contributed by atoms with Crippen LogP contribution in [-0.4, -0.2) is 17.9 Å². The van der Waals surface area contributed by atoms with Crippen LogP contribution in [0.5, 0.6) is 5.75 Å². The first-order chi connectivity index (χ1) is 11.0. The first-order valence-corrected chi connectivity index (χ1v) is 7.36. The molecule has 118 valence electrons. The van der Waals surface area contributed by atoms with Crippen molar-refractivity contribution >= 4 is 39.3 Å². The van der Waals surface area contributed by atoms with Crippen molar-refractivity contribution in [3.8, 4) is 5.75 Å². The molecular weight excluding hydrogens is 364 g/mol. The van der Waals surface area contributed by atoms with E-state index in [0.29, 0.717) is 11.4 Å². The number of carbonyl (C=O) groups excluding carboxylic acids is 1. The Kier molecular flexibility index (Phi) is 5.48. The van der Waals surface area contributed by atoms with Gasteiger partial charge in [-0.2, -0.15) is 0 Å². The van der Waals surface area contributed by atoms with Gasteiger partial charge in [0.25, 0.3) is 5.69 Å². The minimum atomic E-state index is -0.516. The summed E-state index contributed by atoms with van der Waals surface area (Å²) in [5.41, 5.74) is 1.01. The molecule has 6 nitrogen and oxygen atoms in total. The molecule has 7 heteroatoms. The summed E-state index contributed by atoms with van der Waals surface area (Å²) in [6.45, 7) is 0. The molecule has 0 radical (unpaired) electrons. The number of non-ortho nitro benzene ring substituents is 1. The summed E-state index contributed by atoms with van der Waals surface area (Å²) in [4.78, 5) is 22.1. The van der Waals surface area contributed by atoms with E-state index in [1.165, 1.54) is 24.3 Å². The summed E-state index contributed by atoms with van der Waals surface area (Å²) in [5.74, 6) is 0.236. The Morgan fingerprint density at radius 1 is 1.30 bits per heavy atom. The highest BCUT2D eigenvalue weighted by Crippen LogP contribution is 2.24. The zero-order valence-electron chi connectivity index (χ0n) is 12.2. The molecule has 2 aromatic rings. The molecular formula is C16H13BrN2O4. The highest BCUT2D eigenvalue weighted by Gasteiger charge is 2.07. The van der Waals surface area contributed by atoms with Gasteiger partial charge in [-0.15, -0.1) is 0 Å². The highest BCUT2D eigenvalue weighted by atomic mass is 79.9. The van der Waals surface area contributed by atoms with E-state index >= 15 is 0 Å². The van der Waals surface area contributed by atoms with Crippen molar-refractivity contribution in [1.29, 1.82) is 0 Å². The van der Waals surface area contributed by atoms with Crippen LogP contribution in [0.1, 0.15) is 5.56 Å². The minimum Gasteiger partial charge on any atom is -0.496 e. The molecule has 0 aromatic heterocycles. The predicted octanol–water partition coefficient (Wildman–Crippen LogP) is 4.02. The maximum absolute atomic E-state index is 11.9. The zero-order valence-corrected chi connectivity index (χ0v) is 13.7. The average molecular weight is 377 g/mol. The average Bonchev–Trinajstić information content (AvgIpc) is 2.53. The quantitative estimate of drug-likeness (QED) is 0.485. The van der Waals surface area contributed by atoms with Crippen molar-refractivity contribution in [2.45, 2.75) is 0 Å². The van der Waals surface area contributed by atoms with Gasteiger partial charge in [-0.25, -0.2) is 0 Å². The first kappa shape index (κ1) is 16.7. The standard InChI is InChI=1S/C16H13BrN2O4/c1-23-15-7-6-12(17)9-11(15)5-8-16(20)18-13-3-2-4-14(10-13)19(21)22/h2-10H,1H3,(H,18,20). The van der Waals surface area contributed by atoms with Crippen LogP contribution in [0.2, 0.25) is 0 Å². The van der Waals surface area contributed by atoms with E-state index in [1.54, 1.807) is 25.3 Å². The number of hydrogen-bond acceptors (Lipinski definition) is 4. The number of nitro benzene ring substituents is 1. The van der Waals surface area contributed by atoms with Gasteiger partial charge in [0, 0.05) is 33.9 Å². The third-order valence-electron chi connectivity index (χ3n) is 2.93. The van der Waals surface area contributed by atoms with Crippen LogP contribution < -0.4 is 10.1 Å². The minimum absolute atomic E-state index is 0.0829. The van der Waals surface area contributed by atoms with E-state index in [1.807, 2.05) is 12.1 Å². The number of hydrogen-bond donors (Lipinski definition) is 1. The van der Waals surface area contributed by atoms with Crippen molar-refractivity contribution in [3.05, 3.63) is 68.7 Å². The number of nitrogens with one attached hydrogen (secondary N) is 1. The molecule has 23 heavy (non-hydrogen) atoms. The molecule has 0 saturated heterocycles. The van der Waals surface area contributed by atoms with E-state index in [9.17, 15) is 14.9 Å². The molecule has 0 aliphatic heterocycles. The molecule has 0 unspecified atom stereocenters. The number of nitrogens with zero attached hydrogens (tertiary/aromatic N) is 1. The van der Waals surface area contributed by atoms with E-state index < -0.39 is 10.8 Å². The van der Waals surface area contributed by atoms with Crippen molar-refractivity contribution < 1.29 is 14.5 Å². The summed E-state index contributed by atoms with van der Waals surface area (Å²) < 4.78 is 6.07. The lowest BCUT2D eigenvalue weighted by Crippen LogP contribution is -2.07. The Hall–Kier alpha value is -2.67. The molecule has 0 atom stereocenters. The molecule has 0 heterocycles. The van der Waals surface area contributed by atoms with Crippen LogP contribution in [0.25, 0.3) is 6.08 Å². The fraction of sp³-hybridized carbons (Fsp3) is 0.0625. The number of rotatable bonds is 5. The first-order valence-electron chi connectivity index (χ1n) is 6.56. The topological polar surface area (TPSA) is 81.5 Å². The second-order valence-electron chi connectivity index (χ2n) is 4.52. The molecule has 1 N–H and O–H groups in total. The van der Waals surface area contributed by atoms with E-state index in [2.05, 4.69) is 21.2 Å². The number of amides is 1. The van der Waals surface area contributed by atoms with Gasteiger partial charge in [0.1, 0.15) is 5.75 Å². The Bertz CT molecular complexity index is 774. The van der Waals surface area contributed by atoms with Gasteiger partial charge in [-0.1, -0.05) is 22.0 Å². The molecule has 0 fully saturated rings. The number of carbonyl (C=O) groups is 1. The van der Waals surface area contributed by atoms with E-state index in [-0.39, 0.29) is 5.69 Å². The summed E-state index contributed by atoms with van der Waals surface area (Å²) in [7, 11) is 1.55. The molecule has 1 amide bonds. The maximum Gasteiger partial charge on any atom is 0.271 e. The Labute approximate surface area is 141 Å². The summed E-state index contributed by atoms with van der Waals surface area (Å²) in [6, 6.07) is 11.2. The van der Waals surface area contributed by atoms with Crippen molar-refractivity contribution in [2.75, 3.05) is 12.4 Å². The summed E-state index contributed by atoms with van der Waals surface area (Å²) in [6.07, 6.45) is 2.94. The SMILES string of the molecule is COc1ccc(Br)cc1C=CC(=O)Nc1cccc([N+](=O)[O-])c1. The lowest BCUT2D eigenvalue weighted by Gasteiger charge is -2.05. The van der Waals surface area contributed by atoms with Crippen LogP contribution >= 0.6 is 15.9 Å². The number of halogens is 1. The highest BCUT2D eigenvalue weighted by molar-refractivity contribution is 9.10. The number of methoxy groups -OCH3 is 1. The van der Waals surface area contributed by atoms with Gasteiger partial charge in [0.05, 0.1) is 12.0 Å². The lowest BCUT2D eigenvalue weighted by atomic mass is 10.2. The third kappa shape index (κ3) is 4.65. The van der Waals surface area contributed by atoms with Crippen LogP contribution in [-0.2, 0) is 4.79 Å². The molecule has 2 aromatic carbocycles. The Morgan fingerprint density at radius 3 is 2.78 bits per heavy atom. The number of anilines is 1. The van der Waals surface area contributed by atoms with Gasteiger partial charge in [0.15, 0.2) is 0 Å². The lowest BCUT2D eigenvalue weighted by molar-refractivity contribution is -0.384. The Morgan fingerprint density at radius 2 is 2.09 bits per heavy atom. The predicted molar refractivity (Wildman–Crippen MR) is 91.5 cm³/mol. The van der Waals surface area contributed by atoms with Crippen LogP contribution in [0.4, 0.5) is 11.4 Å². The van der Waals surface area contributed by atoms with Gasteiger partial charge in [-0.05, 0) is 30.3 Å². The fourth-order valence-corrected chi connectivity index (χ4v) is 2.26.